The zero-order chi connectivity index (χ0) is 24.9. The van der Waals surface area contributed by atoms with Gasteiger partial charge in [-0.05, 0) is 69.3 Å². The first-order chi connectivity index (χ1) is 16.9. The second kappa shape index (κ2) is 11.0. The normalized spacial score (nSPS) is 15.1. The van der Waals surface area contributed by atoms with Crippen molar-refractivity contribution in [2.45, 2.75) is 52.4 Å². The minimum atomic E-state index is -0.244. The van der Waals surface area contributed by atoms with Crippen LogP contribution < -0.4 is 16.0 Å². The van der Waals surface area contributed by atoms with Gasteiger partial charge in [0.25, 0.3) is 5.56 Å². The third-order valence-electron chi connectivity index (χ3n) is 6.75. The van der Waals surface area contributed by atoms with Crippen LogP contribution in [-0.4, -0.2) is 56.8 Å². The number of carbonyl (C=O) groups excluding carboxylic acids is 1. The third-order valence-corrected chi connectivity index (χ3v) is 6.75. The largest absolute Gasteiger partial charge is 0.493 e. The van der Waals surface area contributed by atoms with Crippen molar-refractivity contribution < 1.29 is 9.53 Å². The molecule has 0 atom stereocenters. The fraction of sp³-hybridized carbons (Fsp3) is 0.538. The number of rotatable bonds is 10. The summed E-state index contributed by atoms with van der Waals surface area (Å²) >= 11 is 0. The molecule has 0 unspecified atom stereocenters. The molecule has 0 aliphatic carbocycles. The predicted molar refractivity (Wildman–Crippen MR) is 136 cm³/mol. The van der Waals surface area contributed by atoms with E-state index in [0.717, 1.165) is 63.0 Å². The minimum Gasteiger partial charge on any atom is -0.493 e. The van der Waals surface area contributed by atoms with Gasteiger partial charge in [-0.2, -0.15) is 5.10 Å². The number of amides is 1. The summed E-state index contributed by atoms with van der Waals surface area (Å²) in [5, 5.41) is 4.53. The van der Waals surface area contributed by atoms with Crippen LogP contribution >= 0.6 is 0 Å². The SMILES string of the molecule is CCCc1nn(C)c2c(=O)[nH]c(-c3cc(CC4CCN(CCC(N)=O)CC4)ccc3OCC)nc12. The molecule has 0 saturated carbocycles. The topological polar surface area (TPSA) is 119 Å². The summed E-state index contributed by atoms with van der Waals surface area (Å²) in [6.45, 7) is 7.27. The Morgan fingerprint density at radius 1 is 1.26 bits per heavy atom. The number of piperidine rings is 1. The maximum Gasteiger partial charge on any atom is 0.277 e. The predicted octanol–water partition coefficient (Wildman–Crippen LogP) is 2.80. The van der Waals surface area contributed by atoms with Crippen molar-refractivity contribution in [3.8, 4) is 17.1 Å². The van der Waals surface area contributed by atoms with E-state index in [4.69, 9.17) is 15.5 Å². The van der Waals surface area contributed by atoms with E-state index in [1.807, 2.05) is 13.0 Å². The molecule has 2 aromatic heterocycles. The van der Waals surface area contributed by atoms with Crippen molar-refractivity contribution in [2.24, 2.45) is 18.7 Å². The van der Waals surface area contributed by atoms with E-state index in [0.29, 0.717) is 41.6 Å². The summed E-state index contributed by atoms with van der Waals surface area (Å²) in [7, 11) is 1.78. The van der Waals surface area contributed by atoms with Crippen LogP contribution in [0.4, 0.5) is 0 Å². The molecule has 0 bridgehead atoms. The van der Waals surface area contributed by atoms with Crippen LogP contribution in [0.5, 0.6) is 5.75 Å². The smallest absolute Gasteiger partial charge is 0.277 e. The Labute approximate surface area is 205 Å². The van der Waals surface area contributed by atoms with Gasteiger partial charge in [0.2, 0.25) is 5.91 Å². The number of nitrogens with one attached hydrogen (secondary N) is 1. The molecule has 3 aromatic rings. The van der Waals surface area contributed by atoms with Crippen LogP contribution in [0.1, 0.15) is 50.8 Å². The lowest BCUT2D eigenvalue weighted by Crippen LogP contribution is -2.36. The molecule has 1 aliphatic heterocycles. The summed E-state index contributed by atoms with van der Waals surface area (Å²) in [6.07, 6.45) is 5.22. The number of H-pyrrole nitrogens is 1. The molecule has 1 saturated heterocycles. The zero-order valence-corrected chi connectivity index (χ0v) is 21.0. The van der Waals surface area contributed by atoms with Gasteiger partial charge >= 0.3 is 0 Å². The average molecular weight is 481 g/mol. The molecule has 1 aromatic carbocycles. The number of primary amides is 1. The van der Waals surface area contributed by atoms with E-state index in [1.54, 1.807) is 11.7 Å². The Hall–Kier alpha value is -3.20. The standard InChI is InChI=1S/C26H36N6O3/c1-4-6-20-23-24(31(3)30-20)26(34)29-25(28-23)19-16-18(7-8-21(19)35-5-2)15-17-9-12-32(13-10-17)14-11-22(27)33/h7-8,16-17H,4-6,9-15H2,1-3H3,(H2,27,33)(H,28,29,34). The highest BCUT2D eigenvalue weighted by Crippen LogP contribution is 2.31. The number of ether oxygens (including phenoxy) is 1. The number of nitrogens with zero attached hydrogens (tertiary/aromatic N) is 4. The number of carbonyl (C=O) groups is 1. The lowest BCUT2D eigenvalue weighted by atomic mass is 9.89. The lowest BCUT2D eigenvalue weighted by molar-refractivity contribution is -0.118. The summed E-state index contributed by atoms with van der Waals surface area (Å²) in [6, 6.07) is 6.19. The minimum absolute atomic E-state index is 0.196. The van der Waals surface area contributed by atoms with E-state index < -0.39 is 0 Å². The fourth-order valence-corrected chi connectivity index (χ4v) is 4.97. The fourth-order valence-electron chi connectivity index (χ4n) is 4.97. The third kappa shape index (κ3) is 5.73. The van der Waals surface area contributed by atoms with E-state index >= 15 is 0 Å². The Morgan fingerprint density at radius 3 is 2.71 bits per heavy atom. The number of likely N-dealkylation sites (tertiary alicyclic amines) is 1. The number of aryl methyl sites for hydroxylation is 2. The number of nitrogens with two attached hydrogens (primary N) is 1. The molecule has 1 amide bonds. The number of aromatic amines is 1. The molecule has 1 aliphatic rings. The zero-order valence-electron chi connectivity index (χ0n) is 21.0. The summed E-state index contributed by atoms with van der Waals surface area (Å²) in [5.74, 6) is 1.54. The number of fused-ring (bicyclic) bond motifs is 1. The highest BCUT2D eigenvalue weighted by atomic mass is 16.5. The van der Waals surface area contributed by atoms with Crippen molar-refractivity contribution in [3.63, 3.8) is 0 Å². The first-order valence-corrected chi connectivity index (χ1v) is 12.6. The maximum absolute atomic E-state index is 13.0. The highest BCUT2D eigenvalue weighted by Gasteiger charge is 2.21. The summed E-state index contributed by atoms with van der Waals surface area (Å²) in [4.78, 5) is 34.2. The molecule has 188 valence electrons. The van der Waals surface area contributed by atoms with Crippen LogP contribution in [0.3, 0.4) is 0 Å². The van der Waals surface area contributed by atoms with Crippen LogP contribution in [0, 0.1) is 5.92 Å². The number of aromatic nitrogens is 4. The Bertz CT molecular complexity index is 1240. The molecular weight excluding hydrogens is 444 g/mol. The number of hydrogen-bond donors (Lipinski definition) is 2. The quantitative estimate of drug-likeness (QED) is 0.461. The van der Waals surface area contributed by atoms with Crippen molar-refractivity contribution in [3.05, 3.63) is 39.8 Å². The van der Waals surface area contributed by atoms with E-state index in [-0.39, 0.29) is 11.5 Å². The van der Waals surface area contributed by atoms with E-state index in [9.17, 15) is 9.59 Å². The summed E-state index contributed by atoms with van der Waals surface area (Å²) < 4.78 is 7.52. The van der Waals surface area contributed by atoms with Crippen LogP contribution in [0.15, 0.2) is 23.0 Å². The van der Waals surface area contributed by atoms with Crippen molar-refractivity contribution in [1.82, 2.24) is 24.6 Å². The Kier molecular flexibility index (Phi) is 7.85. The molecule has 35 heavy (non-hydrogen) atoms. The van der Waals surface area contributed by atoms with Crippen LogP contribution in [0.2, 0.25) is 0 Å². The molecule has 3 N–H and O–H groups in total. The van der Waals surface area contributed by atoms with E-state index in [2.05, 4.69) is 34.0 Å². The maximum atomic E-state index is 13.0. The van der Waals surface area contributed by atoms with Gasteiger partial charge in [0.1, 0.15) is 17.1 Å². The molecule has 0 radical (unpaired) electrons. The van der Waals surface area contributed by atoms with Crippen molar-refractivity contribution in [2.75, 3.05) is 26.2 Å². The molecule has 9 heteroatoms. The summed E-state index contributed by atoms with van der Waals surface area (Å²) in [5.41, 5.74) is 9.09. The first kappa shape index (κ1) is 24.9. The molecular formula is C26H36N6O3. The van der Waals surface area contributed by atoms with Crippen LogP contribution in [0.25, 0.3) is 22.4 Å². The monoisotopic (exact) mass is 480 g/mol. The van der Waals surface area contributed by atoms with Gasteiger partial charge in [-0.3, -0.25) is 14.3 Å². The van der Waals surface area contributed by atoms with Gasteiger partial charge < -0.3 is 20.4 Å². The second-order valence-corrected chi connectivity index (χ2v) is 9.40. The first-order valence-electron chi connectivity index (χ1n) is 12.6. The molecule has 9 nitrogen and oxygen atoms in total. The van der Waals surface area contributed by atoms with Gasteiger partial charge in [0.15, 0.2) is 5.52 Å². The Morgan fingerprint density at radius 2 is 2.03 bits per heavy atom. The van der Waals surface area contributed by atoms with Gasteiger partial charge in [-0.1, -0.05) is 19.4 Å². The van der Waals surface area contributed by atoms with Gasteiger partial charge in [-0.15, -0.1) is 0 Å². The molecule has 3 heterocycles. The highest BCUT2D eigenvalue weighted by molar-refractivity contribution is 5.80. The lowest BCUT2D eigenvalue weighted by Gasteiger charge is -2.31. The Balaban J connectivity index is 1.60. The average Bonchev–Trinajstić information content (AvgIpc) is 3.15. The number of benzene rings is 1. The molecule has 4 rings (SSSR count). The van der Waals surface area contributed by atoms with Crippen LogP contribution in [-0.2, 0) is 24.7 Å². The van der Waals surface area contributed by atoms with Gasteiger partial charge in [0, 0.05) is 20.0 Å². The van der Waals surface area contributed by atoms with Crippen molar-refractivity contribution in [1.29, 1.82) is 0 Å². The molecule has 1 fully saturated rings. The second-order valence-electron chi connectivity index (χ2n) is 9.40. The number of hydrogen-bond acceptors (Lipinski definition) is 6. The molecule has 0 spiro atoms. The van der Waals surface area contributed by atoms with Crippen molar-refractivity contribution >= 4 is 16.9 Å². The van der Waals surface area contributed by atoms with Gasteiger partial charge in [-0.25, -0.2) is 4.98 Å². The van der Waals surface area contributed by atoms with E-state index in [1.165, 1.54) is 5.56 Å². The van der Waals surface area contributed by atoms with Gasteiger partial charge in [0.05, 0.1) is 17.9 Å².